The van der Waals surface area contributed by atoms with Crippen molar-refractivity contribution < 1.29 is 13.9 Å². The van der Waals surface area contributed by atoms with Gasteiger partial charge >= 0.3 is 0 Å². The molecule has 0 atom stereocenters. The second kappa shape index (κ2) is 9.25. The summed E-state index contributed by atoms with van der Waals surface area (Å²) in [5.41, 5.74) is 2.38. The van der Waals surface area contributed by atoms with Crippen LogP contribution < -0.4 is 10.2 Å². The molecule has 4 rings (SSSR count). The van der Waals surface area contributed by atoms with Crippen LogP contribution >= 0.6 is 12.4 Å². The molecule has 1 fully saturated rings. The van der Waals surface area contributed by atoms with Crippen molar-refractivity contribution in [3.8, 4) is 0 Å². The molecule has 4 heterocycles. The molecule has 0 radical (unpaired) electrons. The van der Waals surface area contributed by atoms with Gasteiger partial charge < -0.3 is 15.0 Å². The Balaban J connectivity index is 0.00000225. The summed E-state index contributed by atoms with van der Waals surface area (Å²) in [5.74, 6) is 0.891. The number of hydrogen-bond acceptors (Lipinski definition) is 6. The highest BCUT2D eigenvalue weighted by Gasteiger charge is 2.25. The second-order valence-corrected chi connectivity index (χ2v) is 6.79. The smallest absolute Gasteiger partial charge is 0.257 e. The number of nitrogens with one attached hydrogen (secondary N) is 1. The first-order chi connectivity index (χ1) is 13.2. The fourth-order valence-corrected chi connectivity index (χ4v) is 3.53. The topological polar surface area (TPSA) is 80.2 Å². The monoisotopic (exact) mass is 407 g/mol. The Morgan fingerprint density at radius 2 is 2.04 bits per heavy atom. The van der Waals surface area contributed by atoms with Crippen LogP contribution in [0, 0.1) is 0 Å². The van der Waals surface area contributed by atoms with E-state index in [1.165, 1.54) is 0 Å². The Labute approximate surface area is 169 Å². The molecule has 0 spiro atoms. The van der Waals surface area contributed by atoms with Crippen molar-refractivity contribution in [2.75, 3.05) is 36.5 Å². The van der Waals surface area contributed by atoms with Gasteiger partial charge in [0, 0.05) is 37.0 Å². The van der Waals surface area contributed by atoms with E-state index < -0.39 is 6.17 Å². The van der Waals surface area contributed by atoms with Crippen molar-refractivity contribution in [1.82, 2.24) is 15.2 Å². The molecule has 0 aromatic carbocycles. The number of carbonyl (C=O) groups excluding carboxylic acids is 1. The Bertz CT molecular complexity index is 815. The minimum absolute atomic E-state index is 0. The van der Waals surface area contributed by atoms with Crippen LogP contribution in [0.3, 0.4) is 0 Å². The minimum atomic E-state index is -0.755. The molecule has 2 aromatic rings. The van der Waals surface area contributed by atoms with Crippen LogP contribution in [0.5, 0.6) is 0 Å². The molecule has 0 saturated carbocycles. The van der Waals surface area contributed by atoms with E-state index in [2.05, 4.69) is 20.4 Å². The van der Waals surface area contributed by atoms with E-state index in [-0.39, 0.29) is 18.3 Å². The second-order valence-electron chi connectivity index (χ2n) is 6.79. The van der Waals surface area contributed by atoms with Gasteiger partial charge in [-0.05, 0) is 43.0 Å². The number of nitrogens with zero attached hydrogens (tertiary/aromatic N) is 4. The van der Waals surface area contributed by atoms with Crippen LogP contribution in [0.1, 0.15) is 34.5 Å². The van der Waals surface area contributed by atoms with Crippen molar-refractivity contribution in [2.24, 2.45) is 0 Å². The summed E-state index contributed by atoms with van der Waals surface area (Å²) in [4.78, 5) is 19.8. The standard InChI is InChI=1S/C19H22FN5O2.ClH/c20-13-3-8-25(9-4-13)18-12-15(14-5-10-27-11-6-16(14)22-18)19(26)23-17-2-1-7-21-24-17;/h1-2,7,12-13H,3-6,8-11H2,(H,23,24,26);1H. The molecule has 2 aliphatic heterocycles. The molecule has 1 amide bonds. The summed E-state index contributed by atoms with van der Waals surface area (Å²) < 4.78 is 19.1. The van der Waals surface area contributed by atoms with Gasteiger partial charge in [-0.3, -0.25) is 4.79 Å². The number of alkyl halides is 1. The largest absolute Gasteiger partial charge is 0.381 e. The fourth-order valence-electron chi connectivity index (χ4n) is 3.53. The summed E-state index contributed by atoms with van der Waals surface area (Å²) in [5, 5.41) is 10.5. The van der Waals surface area contributed by atoms with Crippen LogP contribution in [-0.4, -0.2) is 53.6 Å². The lowest BCUT2D eigenvalue weighted by molar-refractivity contribution is 0.102. The molecule has 28 heavy (non-hydrogen) atoms. The summed E-state index contributed by atoms with van der Waals surface area (Å²) in [6, 6.07) is 5.23. The number of carbonyl (C=O) groups is 1. The number of amides is 1. The molecular formula is C19H23ClFN5O2. The summed E-state index contributed by atoms with van der Waals surface area (Å²) in [6.45, 7) is 2.36. The van der Waals surface area contributed by atoms with Gasteiger partial charge in [0.15, 0.2) is 5.82 Å². The number of hydrogen-bond donors (Lipinski definition) is 1. The zero-order chi connectivity index (χ0) is 18.6. The quantitative estimate of drug-likeness (QED) is 0.842. The predicted octanol–water partition coefficient (Wildman–Crippen LogP) is 2.60. The molecule has 150 valence electrons. The maximum absolute atomic E-state index is 13.5. The molecule has 2 aliphatic rings. The van der Waals surface area contributed by atoms with Crippen LogP contribution in [0.15, 0.2) is 24.4 Å². The summed E-state index contributed by atoms with van der Waals surface area (Å²) in [6.07, 6.45) is 3.08. The normalized spacial score (nSPS) is 17.2. The third kappa shape index (κ3) is 4.56. The Morgan fingerprint density at radius 1 is 1.25 bits per heavy atom. The van der Waals surface area contributed by atoms with E-state index in [0.717, 1.165) is 17.1 Å². The van der Waals surface area contributed by atoms with E-state index in [4.69, 9.17) is 9.72 Å². The highest BCUT2D eigenvalue weighted by atomic mass is 35.5. The minimum Gasteiger partial charge on any atom is -0.381 e. The van der Waals surface area contributed by atoms with E-state index in [9.17, 15) is 9.18 Å². The lowest BCUT2D eigenvalue weighted by Crippen LogP contribution is -2.35. The SMILES string of the molecule is Cl.O=C(Nc1cccnn1)c1cc(N2CCC(F)CC2)nc2c1CCOCC2. The Kier molecular flexibility index (Phi) is 6.74. The van der Waals surface area contributed by atoms with Gasteiger partial charge in [0.05, 0.1) is 13.2 Å². The number of rotatable bonds is 3. The summed E-state index contributed by atoms with van der Waals surface area (Å²) in [7, 11) is 0. The fraction of sp³-hybridized carbons (Fsp3) is 0.474. The number of halogens is 2. The predicted molar refractivity (Wildman–Crippen MR) is 106 cm³/mol. The maximum Gasteiger partial charge on any atom is 0.257 e. The number of fused-ring (bicyclic) bond motifs is 1. The third-order valence-corrected chi connectivity index (χ3v) is 4.98. The van der Waals surface area contributed by atoms with Crippen molar-refractivity contribution >= 4 is 29.9 Å². The van der Waals surface area contributed by atoms with Gasteiger partial charge in [-0.15, -0.1) is 17.5 Å². The third-order valence-electron chi connectivity index (χ3n) is 4.98. The molecule has 9 heteroatoms. The zero-order valence-electron chi connectivity index (χ0n) is 15.4. The van der Waals surface area contributed by atoms with Crippen LogP contribution in [0.4, 0.5) is 16.0 Å². The van der Waals surface area contributed by atoms with Crippen molar-refractivity contribution in [3.05, 3.63) is 41.2 Å². The lowest BCUT2D eigenvalue weighted by Gasteiger charge is -2.30. The molecule has 0 aliphatic carbocycles. The molecule has 0 bridgehead atoms. The Hall–Kier alpha value is -2.32. The zero-order valence-corrected chi connectivity index (χ0v) is 16.3. The lowest BCUT2D eigenvalue weighted by atomic mass is 10.0. The molecule has 0 unspecified atom stereocenters. The number of piperidine rings is 1. The molecule has 1 N–H and O–H groups in total. The van der Waals surface area contributed by atoms with E-state index >= 15 is 0 Å². The average Bonchev–Trinajstić information content (AvgIpc) is 2.94. The number of aromatic nitrogens is 3. The first-order valence-corrected chi connectivity index (χ1v) is 9.29. The van der Waals surface area contributed by atoms with Crippen LogP contribution in [0.25, 0.3) is 0 Å². The van der Waals surface area contributed by atoms with Crippen molar-refractivity contribution in [1.29, 1.82) is 0 Å². The van der Waals surface area contributed by atoms with Gasteiger partial charge in [0.2, 0.25) is 0 Å². The van der Waals surface area contributed by atoms with Crippen LogP contribution in [0.2, 0.25) is 0 Å². The van der Waals surface area contributed by atoms with E-state index in [0.29, 0.717) is 63.4 Å². The van der Waals surface area contributed by atoms with Gasteiger partial charge in [-0.1, -0.05) is 0 Å². The number of pyridine rings is 1. The maximum atomic E-state index is 13.5. The molecular weight excluding hydrogens is 385 g/mol. The first kappa shape index (κ1) is 20.4. The van der Waals surface area contributed by atoms with Crippen LogP contribution in [-0.2, 0) is 17.6 Å². The van der Waals surface area contributed by atoms with Gasteiger partial charge in [0.25, 0.3) is 5.91 Å². The molecule has 1 saturated heterocycles. The number of anilines is 2. The first-order valence-electron chi connectivity index (χ1n) is 9.29. The molecule has 7 nitrogen and oxygen atoms in total. The van der Waals surface area contributed by atoms with Crippen molar-refractivity contribution in [2.45, 2.75) is 31.9 Å². The van der Waals surface area contributed by atoms with Gasteiger partial charge in [-0.2, -0.15) is 5.10 Å². The van der Waals surface area contributed by atoms with E-state index in [1.54, 1.807) is 18.3 Å². The average molecular weight is 408 g/mol. The van der Waals surface area contributed by atoms with Gasteiger partial charge in [-0.25, -0.2) is 9.37 Å². The van der Waals surface area contributed by atoms with E-state index in [1.807, 2.05) is 6.07 Å². The molecule has 2 aromatic heterocycles. The Morgan fingerprint density at radius 3 is 2.79 bits per heavy atom. The number of ether oxygens (including phenoxy) is 1. The van der Waals surface area contributed by atoms with Crippen molar-refractivity contribution in [3.63, 3.8) is 0 Å². The highest BCUT2D eigenvalue weighted by molar-refractivity contribution is 6.05. The van der Waals surface area contributed by atoms with Gasteiger partial charge in [0.1, 0.15) is 12.0 Å². The highest BCUT2D eigenvalue weighted by Crippen LogP contribution is 2.26. The summed E-state index contributed by atoms with van der Waals surface area (Å²) >= 11 is 0.